The zero-order chi connectivity index (χ0) is 24.4. The van der Waals surface area contributed by atoms with Gasteiger partial charge in [0, 0.05) is 0 Å². The molecule has 0 saturated heterocycles. The highest BCUT2D eigenvalue weighted by Crippen LogP contribution is 2.17. The molecule has 0 spiro atoms. The fourth-order valence-corrected chi connectivity index (χ4v) is 2.27. The number of hydrogen-bond donors (Lipinski definition) is 0. The van der Waals surface area contributed by atoms with Crippen LogP contribution in [0, 0.1) is 13.8 Å². The van der Waals surface area contributed by atoms with Crippen molar-refractivity contribution in [3.05, 3.63) is 95.1 Å². The van der Waals surface area contributed by atoms with Gasteiger partial charge in [-0.25, -0.2) is 4.79 Å². The van der Waals surface area contributed by atoms with Gasteiger partial charge in [0.05, 0.1) is 5.56 Å². The molecule has 4 heteroatoms. The Balaban J connectivity index is 0.00000148. The Morgan fingerprint density at radius 3 is 1.56 bits per heavy atom. The van der Waals surface area contributed by atoms with E-state index in [1.165, 1.54) is 5.56 Å². The monoisotopic (exact) mass is 438 g/mol. The first-order valence-corrected chi connectivity index (χ1v) is 11.3. The van der Waals surface area contributed by atoms with Crippen LogP contribution in [0.1, 0.15) is 68.6 Å². The highest BCUT2D eigenvalue weighted by atomic mass is 17.2. The maximum absolute atomic E-state index is 12.1. The molecular weight excluding hydrogens is 400 g/mol. The molecule has 0 radical (unpaired) electrons. The van der Waals surface area contributed by atoms with Crippen molar-refractivity contribution in [1.82, 2.24) is 0 Å². The molecule has 0 unspecified atom stereocenters. The van der Waals surface area contributed by atoms with Crippen LogP contribution in [0.25, 0.3) is 0 Å². The number of esters is 1. The first-order valence-electron chi connectivity index (χ1n) is 11.3. The average Bonchev–Trinajstić information content (AvgIpc) is 2.86. The third kappa shape index (κ3) is 10.8. The predicted molar refractivity (Wildman–Crippen MR) is 133 cm³/mol. The van der Waals surface area contributed by atoms with E-state index in [1.54, 1.807) is 36.4 Å². The normalized spacial score (nSPS) is 9.00. The van der Waals surface area contributed by atoms with Crippen LogP contribution in [0.15, 0.2) is 72.8 Å². The Morgan fingerprint density at radius 1 is 0.625 bits per heavy atom. The first kappa shape index (κ1) is 28.9. The van der Waals surface area contributed by atoms with Gasteiger partial charge in [-0.05, 0) is 55.8 Å². The van der Waals surface area contributed by atoms with Crippen molar-refractivity contribution in [3.8, 4) is 11.5 Å². The highest BCUT2D eigenvalue weighted by Gasteiger charge is 2.09. The second-order valence-electron chi connectivity index (χ2n) is 6.06. The average molecular weight is 439 g/mol. The van der Waals surface area contributed by atoms with Crippen molar-refractivity contribution in [3.63, 3.8) is 0 Å². The minimum Gasteiger partial charge on any atom is -0.423 e. The second kappa shape index (κ2) is 17.6. The van der Waals surface area contributed by atoms with Gasteiger partial charge in [0.1, 0.15) is 12.4 Å². The van der Waals surface area contributed by atoms with Gasteiger partial charge in [-0.3, -0.25) is 0 Å². The van der Waals surface area contributed by atoms with Crippen LogP contribution >= 0.6 is 0 Å². The van der Waals surface area contributed by atoms with Gasteiger partial charge in [-0.2, -0.15) is 4.89 Å². The largest absolute Gasteiger partial charge is 0.423 e. The summed E-state index contributed by atoms with van der Waals surface area (Å²) in [7, 11) is 0. The SMILES string of the molecule is CC.CC.CC.Cc1ccc(COOc2ccc(C(=O)Oc3ccc(C)cc3)cc2)cc1. The van der Waals surface area contributed by atoms with E-state index in [0.717, 1.165) is 11.1 Å². The molecule has 0 aliphatic rings. The van der Waals surface area contributed by atoms with E-state index in [2.05, 4.69) is 0 Å². The third-order valence-electron chi connectivity index (χ3n) is 3.82. The summed E-state index contributed by atoms with van der Waals surface area (Å²) in [5.74, 6) is 0.618. The van der Waals surface area contributed by atoms with Crippen LogP contribution in [0.3, 0.4) is 0 Å². The fourth-order valence-electron chi connectivity index (χ4n) is 2.27. The van der Waals surface area contributed by atoms with Crippen molar-refractivity contribution in [2.75, 3.05) is 0 Å². The number of hydrogen-bond acceptors (Lipinski definition) is 4. The van der Waals surface area contributed by atoms with Gasteiger partial charge in [-0.1, -0.05) is 89.1 Å². The van der Waals surface area contributed by atoms with Crippen molar-refractivity contribution in [1.29, 1.82) is 0 Å². The predicted octanol–water partition coefficient (Wildman–Crippen LogP) is 8.11. The minimum atomic E-state index is -0.416. The van der Waals surface area contributed by atoms with Crippen LogP contribution in [0.4, 0.5) is 0 Å². The van der Waals surface area contributed by atoms with Crippen molar-refractivity contribution in [2.45, 2.75) is 62.0 Å². The van der Waals surface area contributed by atoms with E-state index in [0.29, 0.717) is 23.7 Å². The van der Waals surface area contributed by atoms with Crippen molar-refractivity contribution < 1.29 is 19.3 Å². The second-order valence-corrected chi connectivity index (χ2v) is 6.06. The summed E-state index contributed by atoms with van der Waals surface area (Å²) in [6.07, 6.45) is 0. The summed E-state index contributed by atoms with van der Waals surface area (Å²) in [5, 5.41) is 0. The van der Waals surface area contributed by atoms with E-state index in [9.17, 15) is 4.79 Å². The molecule has 0 N–H and O–H groups in total. The lowest BCUT2D eigenvalue weighted by atomic mass is 10.2. The molecule has 4 nitrogen and oxygen atoms in total. The molecule has 3 rings (SSSR count). The number of benzene rings is 3. The number of carbonyl (C=O) groups excluding carboxylic acids is 1. The zero-order valence-electron chi connectivity index (χ0n) is 20.8. The number of ether oxygens (including phenoxy) is 1. The minimum absolute atomic E-state index is 0.345. The van der Waals surface area contributed by atoms with E-state index in [1.807, 2.05) is 91.8 Å². The molecule has 3 aromatic rings. The highest BCUT2D eigenvalue weighted by molar-refractivity contribution is 5.91. The lowest BCUT2D eigenvalue weighted by molar-refractivity contribution is -0.217. The Bertz CT molecular complexity index is 851. The molecule has 3 aromatic carbocycles. The standard InChI is InChI=1S/C22H20O4.3C2H6/c1-16-3-7-18(8-4-16)15-24-26-21-13-9-19(10-14-21)22(23)25-20-11-5-17(2)6-12-20;3*1-2/h3-14H,15H2,1-2H3;3*1-2H3. The smallest absolute Gasteiger partial charge is 0.343 e. The lowest BCUT2D eigenvalue weighted by Gasteiger charge is -2.07. The molecule has 0 bridgehead atoms. The van der Waals surface area contributed by atoms with Gasteiger partial charge < -0.3 is 9.62 Å². The Hall–Kier alpha value is -3.11. The Morgan fingerprint density at radius 2 is 1.06 bits per heavy atom. The molecule has 0 fully saturated rings. The Kier molecular flexibility index (Phi) is 15.9. The van der Waals surface area contributed by atoms with E-state index in [-0.39, 0.29) is 0 Å². The summed E-state index contributed by atoms with van der Waals surface area (Å²) < 4.78 is 5.33. The maximum atomic E-state index is 12.1. The summed E-state index contributed by atoms with van der Waals surface area (Å²) in [4.78, 5) is 22.6. The number of carbonyl (C=O) groups is 1. The number of rotatable bonds is 6. The molecule has 0 atom stereocenters. The molecular formula is C28H38O4. The van der Waals surface area contributed by atoms with Crippen molar-refractivity contribution >= 4 is 5.97 Å². The van der Waals surface area contributed by atoms with Gasteiger partial charge in [0.25, 0.3) is 0 Å². The molecule has 0 aliphatic carbocycles. The van der Waals surface area contributed by atoms with Crippen LogP contribution < -0.4 is 9.62 Å². The van der Waals surface area contributed by atoms with Crippen molar-refractivity contribution in [2.24, 2.45) is 0 Å². The van der Waals surface area contributed by atoms with E-state index >= 15 is 0 Å². The molecule has 0 aromatic heterocycles. The fraction of sp³-hybridized carbons (Fsp3) is 0.321. The summed E-state index contributed by atoms with van der Waals surface area (Å²) in [5.41, 5.74) is 3.77. The van der Waals surface area contributed by atoms with E-state index < -0.39 is 5.97 Å². The van der Waals surface area contributed by atoms with Gasteiger partial charge in [0.2, 0.25) is 0 Å². The topological polar surface area (TPSA) is 44.8 Å². The van der Waals surface area contributed by atoms with Crippen LogP contribution in [0.5, 0.6) is 11.5 Å². The summed E-state index contributed by atoms with van der Waals surface area (Å²) in [6.45, 7) is 16.4. The zero-order valence-corrected chi connectivity index (χ0v) is 20.8. The number of aryl methyl sites for hydroxylation is 2. The van der Waals surface area contributed by atoms with Gasteiger partial charge >= 0.3 is 5.97 Å². The molecule has 0 aliphatic heterocycles. The van der Waals surface area contributed by atoms with Crippen LogP contribution in [0.2, 0.25) is 0 Å². The summed E-state index contributed by atoms with van der Waals surface area (Å²) in [6, 6.07) is 22.0. The molecule has 0 heterocycles. The van der Waals surface area contributed by atoms with E-state index in [4.69, 9.17) is 14.5 Å². The maximum Gasteiger partial charge on any atom is 0.343 e. The Labute approximate surface area is 194 Å². The van der Waals surface area contributed by atoms with Gasteiger partial charge in [-0.15, -0.1) is 0 Å². The molecule has 0 saturated carbocycles. The molecule has 32 heavy (non-hydrogen) atoms. The molecule has 0 amide bonds. The van der Waals surface area contributed by atoms with Gasteiger partial charge in [0.15, 0.2) is 5.75 Å². The van der Waals surface area contributed by atoms with Crippen LogP contribution in [-0.2, 0) is 11.5 Å². The molecule has 174 valence electrons. The van der Waals surface area contributed by atoms with Crippen LogP contribution in [-0.4, -0.2) is 5.97 Å². The summed E-state index contributed by atoms with van der Waals surface area (Å²) >= 11 is 0. The lowest BCUT2D eigenvalue weighted by Crippen LogP contribution is -2.08. The third-order valence-corrected chi connectivity index (χ3v) is 3.82. The first-order chi connectivity index (χ1) is 15.6. The quantitative estimate of drug-likeness (QED) is 0.169.